The molecule has 0 fully saturated rings. The molecule has 0 saturated carbocycles. The summed E-state index contributed by atoms with van der Waals surface area (Å²) < 4.78 is 0. The Hall–Kier alpha value is -2.03. The highest BCUT2D eigenvalue weighted by Crippen LogP contribution is 2.27. The largest absolute Gasteiger partial charge is 0.478 e. The van der Waals surface area contributed by atoms with Crippen molar-refractivity contribution in [2.75, 3.05) is 11.9 Å². The minimum atomic E-state index is -0.901. The van der Waals surface area contributed by atoms with Crippen molar-refractivity contribution in [1.82, 2.24) is 0 Å². The van der Waals surface area contributed by atoms with Gasteiger partial charge >= 0.3 is 5.97 Å². The van der Waals surface area contributed by atoms with Gasteiger partial charge < -0.3 is 10.4 Å². The van der Waals surface area contributed by atoms with E-state index >= 15 is 0 Å². The quantitative estimate of drug-likeness (QED) is 0.827. The second-order valence-electron chi connectivity index (χ2n) is 3.54. The zero-order valence-corrected chi connectivity index (χ0v) is 9.03. The van der Waals surface area contributed by atoms with Gasteiger partial charge in [0.25, 0.3) is 0 Å². The normalized spacial score (nSPS) is 10.3. The molecule has 2 N–H and O–H groups in total. The van der Waals surface area contributed by atoms with Gasteiger partial charge in [-0.25, -0.2) is 4.79 Å². The Morgan fingerprint density at radius 3 is 2.69 bits per heavy atom. The standard InChI is InChI=1S/C13H13NO2/c1-2-14-12-10-6-4-3-5-9(10)7-8-11(12)13(15)16/h3-8,14H,2H2,1H3,(H,15,16). The van der Waals surface area contributed by atoms with Crippen LogP contribution in [0.1, 0.15) is 17.3 Å². The van der Waals surface area contributed by atoms with Gasteiger partial charge in [0.05, 0.1) is 11.3 Å². The molecule has 3 nitrogen and oxygen atoms in total. The van der Waals surface area contributed by atoms with Crippen LogP contribution in [0.5, 0.6) is 0 Å². The first-order valence-electron chi connectivity index (χ1n) is 5.23. The average Bonchev–Trinajstić information content (AvgIpc) is 2.29. The van der Waals surface area contributed by atoms with E-state index in [0.717, 1.165) is 10.8 Å². The zero-order valence-electron chi connectivity index (χ0n) is 9.03. The maximum absolute atomic E-state index is 11.1. The summed E-state index contributed by atoms with van der Waals surface area (Å²) in [6.45, 7) is 2.65. The van der Waals surface area contributed by atoms with Crippen LogP contribution in [-0.4, -0.2) is 17.6 Å². The second-order valence-corrected chi connectivity index (χ2v) is 3.54. The van der Waals surface area contributed by atoms with E-state index < -0.39 is 5.97 Å². The molecule has 0 aliphatic heterocycles. The molecular weight excluding hydrogens is 202 g/mol. The van der Waals surface area contributed by atoms with Gasteiger partial charge in [0.15, 0.2) is 0 Å². The number of hydrogen-bond donors (Lipinski definition) is 2. The van der Waals surface area contributed by atoms with Crippen LogP contribution in [0.4, 0.5) is 5.69 Å². The Morgan fingerprint density at radius 1 is 1.25 bits per heavy atom. The predicted molar refractivity (Wildman–Crippen MR) is 65.1 cm³/mol. The SMILES string of the molecule is CCNc1c(C(=O)O)ccc2ccccc12. The predicted octanol–water partition coefficient (Wildman–Crippen LogP) is 2.97. The molecule has 0 bridgehead atoms. The lowest BCUT2D eigenvalue weighted by molar-refractivity contribution is 0.0698. The fourth-order valence-corrected chi connectivity index (χ4v) is 1.82. The number of rotatable bonds is 3. The number of anilines is 1. The molecule has 0 spiro atoms. The van der Waals surface area contributed by atoms with E-state index in [9.17, 15) is 4.79 Å². The number of aromatic carboxylic acids is 1. The number of carboxylic acids is 1. The summed E-state index contributed by atoms with van der Waals surface area (Å²) >= 11 is 0. The highest BCUT2D eigenvalue weighted by Gasteiger charge is 2.11. The van der Waals surface area contributed by atoms with Gasteiger partial charge in [-0.2, -0.15) is 0 Å². The van der Waals surface area contributed by atoms with Crippen molar-refractivity contribution in [3.05, 3.63) is 42.0 Å². The van der Waals surface area contributed by atoms with Crippen LogP contribution in [0.3, 0.4) is 0 Å². The fourth-order valence-electron chi connectivity index (χ4n) is 1.82. The number of carboxylic acid groups (broad SMARTS) is 1. The summed E-state index contributed by atoms with van der Waals surface area (Å²) in [5.74, 6) is -0.901. The van der Waals surface area contributed by atoms with Crippen molar-refractivity contribution >= 4 is 22.4 Å². The first kappa shape index (κ1) is 10.5. The summed E-state index contributed by atoms with van der Waals surface area (Å²) in [6, 6.07) is 11.2. The molecule has 0 atom stereocenters. The summed E-state index contributed by atoms with van der Waals surface area (Å²) in [5.41, 5.74) is 1.02. The third kappa shape index (κ3) is 1.72. The molecule has 16 heavy (non-hydrogen) atoms. The second kappa shape index (κ2) is 4.23. The van der Waals surface area contributed by atoms with Gasteiger partial charge in [0.1, 0.15) is 0 Å². The van der Waals surface area contributed by atoms with Crippen LogP contribution >= 0.6 is 0 Å². The fraction of sp³-hybridized carbons (Fsp3) is 0.154. The Morgan fingerprint density at radius 2 is 2.00 bits per heavy atom. The van der Waals surface area contributed by atoms with Crippen LogP contribution in [0.2, 0.25) is 0 Å². The highest BCUT2D eigenvalue weighted by atomic mass is 16.4. The molecule has 0 heterocycles. The molecule has 0 aliphatic carbocycles. The number of nitrogens with one attached hydrogen (secondary N) is 1. The van der Waals surface area contributed by atoms with Crippen molar-refractivity contribution in [2.24, 2.45) is 0 Å². The summed E-state index contributed by atoms with van der Waals surface area (Å²) in [4.78, 5) is 11.1. The molecule has 0 aromatic heterocycles. The van der Waals surface area contributed by atoms with E-state index in [1.807, 2.05) is 37.3 Å². The first-order valence-corrected chi connectivity index (χ1v) is 5.23. The van der Waals surface area contributed by atoms with Crippen LogP contribution in [0.25, 0.3) is 10.8 Å². The van der Waals surface area contributed by atoms with Crippen molar-refractivity contribution in [3.63, 3.8) is 0 Å². The Labute approximate surface area is 93.7 Å². The third-order valence-corrected chi connectivity index (χ3v) is 2.51. The highest BCUT2D eigenvalue weighted by molar-refractivity contribution is 6.05. The van der Waals surface area contributed by atoms with Gasteiger partial charge in [-0.15, -0.1) is 0 Å². The van der Waals surface area contributed by atoms with Gasteiger partial charge in [0.2, 0.25) is 0 Å². The van der Waals surface area contributed by atoms with Crippen molar-refractivity contribution in [1.29, 1.82) is 0 Å². The maximum Gasteiger partial charge on any atom is 0.337 e. The van der Waals surface area contributed by atoms with Gasteiger partial charge in [-0.05, 0) is 18.4 Å². The van der Waals surface area contributed by atoms with E-state index in [-0.39, 0.29) is 0 Å². The average molecular weight is 215 g/mol. The smallest absolute Gasteiger partial charge is 0.337 e. The lowest BCUT2D eigenvalue weighted by Crippen LogP contribution is -2.06. The minimum Gasteiger partial charge on any atom is -0.478 e. The molecule has 0 amide bonds. The van der Waals surface area contributed by atoms with Crippen molar-refractivity contribution < 1.29 is 9.90 Å². The Bertz CT molecular complexity index is 534. The number of carbonyl (C=O) groups is 1. The molecule has 0 radical (unpaired) electrons. The lowest BCUT2D eigenvalue weighted by atomic mass is 10.0. The van der Waals surface area contributed by atoms with Crippen molar-refractivity contribution in [3.8, 4) is 0 Å². The van der Waals surface area contributed by atoms with Crippen molar-refractivity contribution in [2.45, 2.75) is 6.92 Å². The molecule has 82 valence electrons. The summed E-state index contributed by atoms with van der Waals surface area (Å²) in [7, 11) is 0. The molecule has 0 saturated heterocycles. The summed E-state index contributed by atoms with van der Waals surface area (Å²) in [5, 5.41) is 14.2. The maximum atomic E-state index is 11.1. The van der Waals surface area contributed by atoms with E-state index in [1.165, 1.54) is 0 Å². The molecule has 3 heteroatoms. The third-order valence-electron chi connectivity index (χ3n) is 2.51. The molecule has 2 aromatic rings. The molecule has 2 aromatic carbocycles. The van der Waals surface area contributed by atoms with E-state index in [1.54, 1.807) is 6.07 Å². The first-order chi connectivity index (χ1) is 7.74. The molecule has 2 rings (SSSR count). The van der Waals surface area contributed by atoms with Gasteiger partial charge in [-0.1, -0.05) is 30.3 Å². The minimum absolute atomic E-state index is 0.320. The van der Waals surface area contributed by atoms with E-state index in [2.05, 4.69) is 5.32 Å². The lowest BCUT2D eigenvalue weighted by Gasteiger charge is -2.11. The Kier molecular flexibility index (Phi) is 2.77. The van der Waals surface area contributed by atoms with Gasteiger partial charge in [-0.3, -0.25) is 0 Å². The Balaban J connectivity index is 2.73. The monoisotopic (exact) mass is 215 g/mol. The number of benzene rings is 2. The number of hydrogen-bond acceptors (Lipinski definition) is 2. The number of fused-ring (bicyclic) bond motifs is 1. The van der Waals surface area contributed by atoms with Crippen LogP contribution < -0.4 is 5.32 Å². The van der Waals surface area contributed by atoms with E-state index in [0.29, 0.717) is 17.8 Å². The zero-order chi connectivity index (χ0) is 11.5. The topological polar surface area (TPSA) is 49.3 Å². The van der Waals surface area contributed by atoms with Crippen LogP contribution in [-0.2, 0) is 0 Å². The molecule has 0 aliphatic rings. The van der Waals surface area contributed by atoms with E-state index in [4.69, 9.17) is 5.11 Å². The molecular formula is C13H13NO2. The van der Waals surface area contributed by atoms with Crippen LogP contribution in [0, 0.1) is 0 Å². The van der Waals surface area contributed by atoms with Gasteiger partial charge in [0, 0.05) is 11.9 Å². The van der Waals surface area contributed by atoms with Crippen LogP contribution in [0.15, 0.2) is 36.4 Å². The summed E-state index contributed by atoms with van der Waals surface area (Å²) in [6.07, 6.45) is 0. The molecule has 0 unspecified atom stereocenters.